The van der Waals surface area contributed by atoms with Crippen molar-refractivity contribution < 1.29 is 29.0 Å². The zero-order valence-corrected chi connectivity index (χ0v) is 24.8. The molecule has 14 heteroatoms. The van der Waals surface area contributed by atoms with E-state index in [-0.39, 0.29) is 38.8 Å². The van der Waals surface area contributed by atoms with Gasteiger partial charge in [0.15, 0.2) is 16.5 Å². The molecule has 2 aromatic carbocycles. The third-order valence-corrected chi connectivity index (χ3v) is 8.10. The molecule has 0 unspecified atom stereocenters. The summed E-state index contributed by atoms with van der Waals surface area (Å²) >= 11 is 1.17. The summed E-state index contributed by atoms with van der Waals surface area (Å²) in [6.07, 6.45) is -0.121. The van der Waals surface area contributed by atoms with Gasteiger partial charge in [-0.2, -0.15) is 4.99 Å². The summed E-state index contributed by atoms with van der Waals surface area (Å²) in [5.41, 5.74) is 18.2. The quantitative estimate of drug-likeness (QED) is 0.112. The number of benzene rings is 2. The molecule has 0 spiro atoms. The number of rotatable bonds is 12. The van der Waals surface area contributed by atoms with Gasteiger partial charge in [0.1, 0.15) is 12.6 Å². The molecule has 3 aromatic rings. The van der Waals surface area contributed by atoms with Gasteiger partial charge in [0, 0.05) is 23.4 Å². The topological polar surface area (TPSA) is 216 Å². The van der Waals surface area contributed by atoms with Crippen molar-refractivity contribution in [1.29, 1.82) is 0 Å². The minimum atomic E-state index is -1.66. The van der Waals surface area contributed by atoms with Crippen LogP contribution in [0.5, 0.6) is 0 Å². The third kappa shape index (κ3) is 7.83. The van der Waals surface area contributed by atoms with Crippen LogP contribution in [0, 0.1) is 0 Å². The molecule has 44 heavy (non-hydrogen) atoms. The van der Waals surface area contributed by atoms with Crippen LogP contribution in [0.4, 0.5) is 9.93 Å². The molecule has 13 nitrogen and oxygen atoms in total. The smallest absolute Gasteiger partial charge is 0.416 e. The maximum atomic E-state index is 13.8. The van der Waals surface area contributed by atoms with Crippen LogP contribution in [0.15, 0.2) is 65.7 Å². The highest BCUT2D eigenvalue weighted by Gasteiger charge is 2.48. The van der Waals surface area contributed by atoms with Crippen LogP contribution in [0.3, 0.4) is 0 Å². The summed E-state index contributed by atoms with van der Waals surface area (Å²) in [6, 6.07) is 17.1. The fraction of sp³-hybridized carbons (Fsp3) is 0.333. The van der Waals surface area contributed by atoms with E-state index in [0.29, 0.717) is 28.7 Å². The minimum absolute atomic E-state index is 0.0325. The molecule has 2 heterocycles. The summed E-state index contributed by atoms with van der Waals surface area (Å²) in [7, 11) is 0. The first-order chi connectivity index (χ1) is 21.1. The van der Waals surface area contributed by atoms with E-state index in [9.17, 15) is 19.2 Å². The van der Waals surface area contributed by atoms with E-state index in [0.717, 1.165) is 16.0 Å². The lowest BCUT2D eigenvalue weighted by molar-refractivity contribution is -0.139. The highest BCUT2D eigenvalue weighted by molar-refractivity contribution is 7.16. The van der Waals surface area contributed by atoms with Crippen molar-refractivity contribution in [1.82, 2.24) is 15.2 Å². The zero-order valence-electron chi connectivity index (χ0n) is 24.0. The average molecular weight is 622 g/mol. The molecule has 1 fully saturated rings. The first-order valence-corrected chi connectivity index (χ1v) is 14.9. The maximum absolute atomic E-state index is 13.8. The van der Waals surface area contributed by atoms with Crippen LogP contribution >= 0.6 is 11.3 Å². The molecule has 1 saturated heterocycles. The van der Waals surface area contributed by atoms with Crippen LogP contribution < -0.4 is 22.5 Å². The molecule has 8 N–H and O–H groups in total. The second kappa shape index (κ2) is 14.7. The molecular weight excluding hydrogens is 586 g/mol. The molecule has 1 aromatic heterocycles. The zero-order chi connectivity index (χ0) is 31.7. The summed E-state index contributed by atoms with van der Waals surface area (Å²) < 4.78 is 5.40. The molecule has 232 valence electrons. The number of carbonyl (C=O) groups is 4. The lowest BCUT2D eigenvalue weighted by atomic mass is 9.88. The number of ketones is 1. The molecule has 0 aliphatic carbocycles. The van der Waals surface area contributed by atoms with Gasteiger partial charge < -0.3 is 27.0 Å². The summed E-state index contributed by atoms with van der Waals surface area (Å²) in [5, 5.41) is 12.4. The number of aliphatic carboxylic acids is 1. The standard InChI is InChI=1S/C30H35N7O6S/c31-21(25(39)40)13-7-16-37(29(42)43-18-19-9-3-1-4-10-19)27(32)36-26(41)30(14-8-15-34-30)23(38)17-22-24(35-28(33)44-22)20-11-5-2-6-12-20/h1-6,9-12,21,34H,7-8,13-18,31H2,(H2,33,35)(H,39,40)(H2,32,36,41)/t21-,30+/m0/s1. The number of aromatic nitrogens is 1. The monoisotopic (exact) mass is 621 g/mol. The summed E-state index contributed by atoms with van der Waals surface area (Å²) in [4.78, 5) is 61.7. The highest BCUT2D eigenvalue weighted by Crippen LogP contribution is 2.32. The Labute approximate surface area is 258 Å². The number of nitrogens with one attached hydrogen (secondary N) is 1. The summed E-state index contributed by atoms with van der Waals surface area (Å²) in [5.74, 6) is -2.95. The van der Waals surface area contributed by atoms with E-state index >= 15 is 0 Å². The van der Waals surface area contributed by atoms with Gasteiger partial charge in [-0.15, -0.1) is 11.3 Å². The number of carboxylic acid groups (broad SMARTS) is 1. The number of anilines is 1. The lowest BCUT2D eigenvalue weighted by Crippen LogP contribution is -2.55. The van der Waals surface area contributed by atoms with Gasteiger partial charge in [-0.25, -0.2) is 14.7 Å². The van der Waals surface area contributed by atoms with Crippen LogP contribution in [-0.4, -0.2) is 69.4 Å². The predicted octanol–water partition coefficient (Wildman–Crippen LogP) is 2.30. The van der Waals surface area contributed by atoms with Crippen molar-refractivity contribution in [3.63, 3.8) is 0 Å². The van der Waals surface area contributed by atoms with E-state index in [1.165, 1.54) is 11.3 Å². The van der Waals surface area contributed by atoms with Crippen molar-refractivity contribution in [2.75, 3.05) is 18.8 Å². The molecule has 2 amide bonds. The van der Waals surface area contributed by atoms with Crippen LogP contribution in [0.2, 0.25) is 0 Å². The Morgan fingerprint density at radius 3 is 2.43 bits per heavy atom. The Morgan fingerprint density at radius 2 is 1.80 bits per heavy atom. The van der Waals surface area contributed by atoms with Crippen molar-refractivity contribution in [2.45, 2.75) is 50.3 Å². The molecular formula is C30H35N7O6S. The van der Waals surface area contributed by atoms with Gasteiger partial charge in [0.2, 0.25) is 5.96 Å². The Bertz CT molecular complexity index is 1510. The molecule has 1 aliphatic heterocycles. The number of nitrogen functional groups attached to an aromatic ring is 1. The number of hydrogen-bond acceptors (Lipinski definition) is 10. The number of guanidine groups is 1. The number of thiazole rings is 1. The number of carbonyl (C=O) groups excluding carboxylic acids is 3. The molecule has 0 radical (unpaired) electrons. The van der Waals surface area contributed by atoms with E-state index in [1.807, 2.05) is 36.4 Å². The average Bonchev–Trinajstić information content (AvgIpc) is 3.66. The number of amides is 2. The molecule has 2 atom stereocenters. The van der Waals surface area contributed by atoms with E-state index in [4.69, 9.17) is 27.0 Å². The van der Waals surface area contributed by atoms with Gasteiger partial charge in [0.25, 0.3) is 5.91 Å². The van der Waals surface area contributed by atoms with Crippen LogP contribution in [0.25, 0.3) is 11.3 Å². The normalized spacial score (nSPS) is 17.2. The van der Waals surface area contributed by atoms with Gasteiger partial charge in [-0.3, -0.25) is 19.7 Å². The molecule has 4 rings (SSSR count). The van der Waals surface area contributed by atoms with Crippen LogP contribution in [0.1, 0.15) is 36.1 Å². The fourth-order valence-electron chi connectivity index (χ4n) is 4.84. The number of aliphatic imine (C=N–C) groups is 1. The fourth-order valence-corrected chi connectivity index (χ4v) is 5.69. The van der Waals surface area contributed by atoms with Crippen molar-refractivity contribution >= 4 is 46.2 Å². The minimum Gasteiger partial charge on any atom is -0.480 e. The number of hydrogen-bond donors (Lipinski definition) is 5. The van der Waals surface area contributed by atoms with Gasteiger partial charge in [-0.05, 0) is 37.8 Å². The van der Waals surface area contributed by atoms with Crippen LogP contribution in [-0.2, 0) is 32.1 Å². The Kier molecular flexibility index (Phi) is 10.8. The number of nitrogens with two attached hydrogens (primary N) is 3. The van der Waals surface area contributed by atoms with Gasteiger partial charge in [-0.1, -0.05) is 60.7 Å². The SMILES string of the molecule is NC(=NC(=O)[C@]1(C(=O)Cc2sc(N)nc2-c2ccccc2)CCCN1)N(CCC[C@H](N)C(=O)O)C(=O)OCc1ccccc1. The van der Waals surface area contributed by atoms with Gasteiger partial charge in [0.05, 0.1) is 5.69 Å². The molecule has 0 saturated carbocycles. The Morgan fingerprint density at radius 1 is 1.11 bits per heavy atom. The number of carboxylic acids is 1. The van der Waals surface area contributed by atoms with E-state index < -0.39 is 41.3 Å². The van der Waals surface area contributed by atoms with Gasteiger partial charge >= 0.3 is 12.1 Å². The molecule has 0 bridgehead atoms. The highest BCUT2D eigenvalue weighted by atomic mass is 32.1. The maximum Gasteiger partial charge on any atom is 0.416 e. The van der Waals surface area contributed by atoms with Crippen molar-refractivity contribution in [2.24, 2.45) is 16.5 Å². The first-order valence-electron chi connectivity index (χ1n) is 14.0. The van der Waals surface area contributed by atoms with Crippen molar-refractivity contribution in [3.8, 4) is 11.3 Å². The second-order valence-corrected chi connectivity index (χ2v) is 11.4. The second-order valence-electron chi connectivity index (χ2n) is 10.3. The first kappa shape index (κ1) is 32.3. The number of nitrogens with zero attached hydrogens (tertiary/aromatic N) is 3. The number of ether oxygens (including phenoxy) is 1. The largest absolute Gasteiger partial charge is 0.480 e. The van der Waals surface area contributed by atoms with E-state index in [2.05, 4.69) is 15.3 Å². The van der Waals surface area contributed by atoms with E-state index in [1.54, 1.807) is 24.3 Å². The Hall–Kier alpha value is -4.66. The lowest BCUT2D eigenvalue weighted by Gasteiger charge is -2.26. The third-order valence-electron chi connectivity index (χ3n) is 7.21. The molecule has 1 aliphatic rings. The number of Topliss-reactive ketones (excluding diaryl/α,β-unsaturated/α-hetero) is 1. The predicted molar refractivity (Wildman–Crippen MR) is 165 cm³/mol. The summed E-state index contributed by atoms with van der Waals surface area (Å²) in [6.45, 7) is 0.211. The van der Waals surface area contributed by atoms with Crippen molar-refractivity contribution in [3.05, 3.63) is 71.1 Å². The Balaban J connectivity index is 1.55.